The number of rotatable bonds is 6. The number of anilines is 1. The number of hydrogen-bond donors (Lipinski definition) is 2. The molecule has 0 atom stereocenters. The van der Waals surface area contributed by atoms with E-state index in [4.69, 9.17) is 16.7 Å². The van der Waals surface area contributed by atoms with E-state index in [1.165, 1.54) is 24.4 Å². The third-order valence-electron chi connectivity index (χ3n) is 5.39. The zero-order valence-electron chi connectivity index (χ0n) is 18.1. The number of halogens is 3. The monoisotopic (exact) mass is 523 g/mol. The summed E-state index contributed by atoms with van der Waals surface area (Å²) in [5, 5.41) is 12.4. The highest BCUT2D eigenvalue weighted by atomic mass is 35.5. The molecule has 4 rings (SSSR count). The van der Waals surface area contributed by atoms with Crippen molar-refractivity contribution in [1.29, 1.82) is 0 Å². The Morgan fingerprint density at radius 2 is 1.94 bits per heavy atom. The summed E-state index contributed by atoms with van der Waals surface area (Å²) in [4.78, 5) is 25.6. The molecular formula is C22H20ClF2N5O4S. The van der Waals surface area contributed by atoms with E-state index in [0.717, 1.165) is 15.8 Å². The Kier molecular flexibility index (Phi) is 6.62. The van der Waals surface area contributed by atoms with E-state index in [1.807, 2.05) is 0 Å². The predicted octanol–water partition coefficient (Wildman–Crippen LogP) is 2.84. The van der Waals surface area contributed by atoms with Crippen LogP contribution in [0, 0.1) is 0 Å². The molecule has 2 aromatic carbocycles. The molecular weight excluding hydrogens is 504 g/mol. The van der Waals surface area contributed by atoms with Crippen LogP contribution in [0.5, 0.6) is 0 Å². The minimum Gasteiger partial charge on any atom is -0.332 e. The molecule has 3 N–H and O–H groups in total. The quantitative estimate of drug-likeness (QED) is 0.513. The van der Waals surface area contributed by atoms with Crippen molar-refractivity contribution in [3.8, 4) is 5.69 Å². The Balaban J connectivity index is 1.57. The topological polar surface area (TPSA) is 127 Å². The van der Waals surface area contributed by atoms with E-state index in [2.05, 4.69) is 10.4 Å². The van der Waals surface area contributed by atoms with Gasteiger partial charge in [0.25, 0.3) is 11.8 Å². The van der Waals surface area contributed by atoms with Crippen LogP contribution in [0.3, 0.4) is 0 Å². The van der Waals surface area contributed by atoms with Crippen LogP contribution >= 0.6 is 11.6 Å². The summed E-state index contributed by atoms with van der Waals surface area (Å²) >= 11 is 6.07. The molecule has 35 heavy (non-hydrogen) atoms. The lowest BCUT2D eigenvalue weighted by Crippen LogP contribution is -2.31. The van der Waals surface area contributed by atoms with Crippen LogP contribution in [0.4, 0.5) is 14.5 Å². The average Bonchev–Trinajstić information content (AvgIpc) is 3.41. The molecule has 1 aromatic heterocycles. The smallest absolute Gasteiger partial charge is 0.267 e. The predicted molar refractivity (Wildman–Crippen MR) is 124 cm³/mol. The van der Waals surface area contributed by atoms with Crippen LogP contribution < -0.4 is 10.5 Å². The normalized spacial score (nSPS) is 15.3. The number of carbonyl (C=O) groups is 2. The van der Waals surface area contributed by atoms with E-state index >= 15 is 0 Å². The molecule has 1 saturated heterocycles. The molecule has 0 radical (unpaired) electrons. The standard InChI is InChI=1S/C22H20ClF2N5O4S/c23-17-4-2-1-3-14(17)9-20(31)28-16-5-6-18(19(10-16)35(26,33)34)30-12-15(11-27-30)21(32)29-8-7-22(24,25)13-29/h1-6,10-12H,7-9,13H2,(H,28,31)(H2,26,33,34). The molecule has 0 saturated carbocycles. The number of alkyl halides is 2. The van der Waals surface area contributed by atoms with Crippen molar-refractivity contribution in [3.63, 3.8) is 0 Å². The van der Waals surface area contributed by atoms with Gasteiger partial charge in [-0.25, -0.2) is 27.0 Å². The van der Waals surface area contributed by atoms with Crippen molar-refractivity contribution < 1.29 is 26.8 Å². The second kappa shape index (κ2) is 9.36. The molecule has 184 valence electrons. The molecule has 1 fully saturated rings. The van der Waals surface area contributed by atoms with Crippen molar-refractivity contribution in [2.24, 2.45) is 5.14 Å². The zero-order chi connectivity index (χ0) is 25.4. The van der Waals surface area contributed by atoms with Gasteiger partial charge in [0.05, 0.1) is 30.4 Å². The molecule has 0 unspecified atom stereocenters. The number of carbonyl (C=O) groups excluding carboxylic acids is 2. The van der Waals surface area contributed by atoms with Crippen LogP contribution in [0.15, 0.2) is 59.8 Å². The number of nitrogens with two attached hydrogens (primary N) is 1. The largest absolute Gasteiger partial charge is 0.332 e. The number of primary sulfonamides is 1. The van der Waals surface area contributed by atoms with Gasteiger partial charge in [0.2, 0.25) is 15.9 Å². The van der Waals surface area contributed by atoms with Gasteiger partial charge in [-0.3, -0.25) is 9.59 Å². The summed E-state index contributed by atoms with van der Waals surface area (Å²) in [6.07, 6.45) is 1.93. The average molecular weight is 524 g/mol. The highest BCUT2D eigenvalue weighted by molar-refractivity contribution is 7.89. The third kappa shape index (κ3) is 5.66. The van der Waals surface area contributed by atoms with Crippen molar-refractivity contribution in [1.82, 2.24) is 14.7 Å². The lowest BCUT2D eigenvalue weighted by Gasteiger charge is -2.14. The van der Waals surface area contributed by atoms with Crippen molar-refractivity contribution in [2.45, 2.75) is 23.7 Å². The fraction of sp³-hybridized carbons (Fsp3) is 0.227. The van der Waals surface area contributed by atoms with Gasteiger partial charge in [0.1, 0.15) is 4.90 Å². The minimum atomic E-state index is -4.28. The first kappa shape index (κ1) is 24.8. The van der Waals surface area contributed by atoms with Crippen LogP contribution in [-0.2, 0) is 21.2 Å². The highest BCUT2D eigenvalue weighted by Crippen LogP contribution is 2.28. The maximum absolute atomic E-state index is 13.5. The Bertz CT molecular complexity index is 1410. The van der Waals surface area contributed by atoms with E-state index in [-0.39, 0.29) is 34.8 Å². The van der Waals surface area contributed by atoms with Crippen molar-refractivity contribution in [3.05, 3.63) is 71.0 Å². The Labute approximate surface area is 204 Å². The molecule has 1 aliphatic heterocycles. The molecule has 0 bridgehead atoms. The van der Waals surface area contributed by atoms with Crippen molar-refractivity contribution in [2.75, 3.05) is 18.4 Å². The summed E-state index contributed by atoms with van der Waals surface area (Å²) in [7, 11) is -4.28. The van der Waals surface area contributed by atoms with E-state index in [9.17, 15) is 26.8 Å². The molecule has 1 aliphatic rings. The van der Waals surface area contributed by atoms with E-state index < -0.39 is 40.7 Å². The summed E-state index contributed by atoms with van der Waals surface area (Å²) in [6, 6.07) is 10.8. The first-order valence-corrected chi connectivity index (χ1v) is 12.3. The van der Waals surface area contributed by atoms with Gasteiger partial charge in [0, 0.05) is 29.9 Å². The van der Waals surface area contributed by atoms with Gasteiger partial charge in [-0.2, -0.15) is 5.10 Å². The fourth-order valence-electron chi connectivity index (χ4n) is 3.69. The number of likely N-dealkylation sites (tertiary alicyclic amines) is 1. The summed E-state index contributed by atoms with van der Waals surface area (Å²) < 4.78 is 52.6. The van der Waals surface area contributed by atoms with Crippen LogP contribution in [-0.4, -0.2) is 53.9 Å². The maximum Gasteiger partial charge on any atom is 0.267 e. The second-order valence-corrected chi connectivity index (χ2v) is 9.99. The highest BCUT2D eigenvalue weighted by Gasteiger charge is 2.40. The van der Waals surface area contributed by atoms with Gasteiger partial charge in [0.15, 0.2) is 0 Å². The number of amides is 2. The molecule has 13 heteroatoms. The molecule has 9 nitrogen and oxygen atoms in total. The molecule has 0 spiro atoms. The number of aromatic nitrogens is 2. The maximum atomic E-state index is 13.5. The van der Waals surface area contributed by atoms with Gasteiger partial charge in [-0.1, -0.05) is 29.8 Å². The molecule has 0 aliphatic carbocycles. The van der Waals surface area contributed by atoms with Gasteiger partial charge in [-0.05, 0) is 29.8 Å². The first-order chi connectivity index (χ1) is 16.4. The molecule has 3 aromatic rings. The van der Waals surface area contributed by atoms with Gasteiger partial charge < -0.3 is 10.2 Å². The summed E-state index contributed by atoms with van der Waals surface area (Å²) in [5.41, 5.74) is 0.791. The minimum absolute atomic E-state index is 0.0141. The first-order valence-electron chi connectivity index (χ1n) is 10.4. The number of benzene rings is 2. The van der Waals surface area contributed by atoms with Gasteiger partial charge >= 0.3 is 0 Å². The summed E-state index contributed by atoms with van der Waals surface area (Å²) in [5.74, 6) is -4.02. The van der Waals surface area contributed by atoms with E-state index in [0.29, 0.717) is 10.6 Å². The molecule has 2 amide bonds. The van der Waals surface area contributed by atoms with Crippen molar-refractivity contribution >= 4 is 39.1 Å². The third-order valence-corrected chi connectivity index (χ3v) is 6.70. The van der Waals surface area contributed by atoms with Gasteiger partial charge in [-0.15, -0.1) is 0 Å². The lowest BCUT2D eigenvalue weighted by atomic mass is 10.1. The number of sulfonamides is 1. The fourth-order valence-corrected chi connectivity index (χ4v) is 4.63. The Morgan fingerprint density at radius 1 is 1.20 bits per heavy atom. The Hall–Kier alpha value is -3.35. The van der Waals surface area contributed by atoms with Crippen LogP contribution in [0.25, 0.3) is 5.69 Å². The second-order valence-electron chi connectivity index (χ2n) is 8.05. The van der Waals surface area contributed by atoms with Crippen LogP contribution in [0.1, 0.15) is 22.3 Å². The number of nitrogens with one attached hydrogen (secondary N) is 1. The van der Waals surface area contributed by atoms with E-state index in [1.54, 1.807) is 24.3 Å². The SMILES string of the molecule is NS(=O)(=O)c1cc(NC(=O)Cc2ccccc2Cl)ccc1-n1cc(C(=O)N2CCC(F)(F)C2)cn1. The zero-order valence-corrected chi connectivity index (χ0v) is 19.7. The molecule has 2 heterocycles. The number of hydrogen-bond acceptors (Lipinski definition) is 5. The Morgan fingerprint density at radius 3 is 2.60 bits per heavy atom. The number of nitrogens with zero attached hydrogens (tertiary/aromatic N) is 3. The lowest BCUT2D eigenvalue weighted by molar-refractivity contribution is -0.115. The van der Waals surface area contributed by atoms with Crippen LogP contribution in [0.2, 0.25) is 5.02 Å². The summed E-state index contributed by atoms with van der Waals surface area (Å²) in [6.45, 7) is -0.788.